The van der Waals surface area contributed by atoms with Gasteiger partial charge in [0.25, 0.3) is 0 Å². The first-order valence-electron chi connectivity index (χ1n) is 7.51. The number of carbonyl (C=O) groups excluding carboxylic acids is 1. The predicted octanol–water partition coefficient (Wildman–Crippen LogP) is 1.52. The van der Waals surface area contributed by atoms with Crippen molar-refractivity contribution in [1.82, 2.24) is 14.9 Å². The number of carbonyl (C=O) groups is 1. The van der Waals surface area contributed by atoms with Crippen LogP contribution in [0.25, 0.3) is 0 Å². The number of hydrogen-bond donors (Lipinski definition) is 1. The minimum Gasteiger partial charge on any atom is -0.445 e. The number of nitrogens with two attached hydrogens (primary N) is 1. The third-order valence-electron chi connectivity index (χ3n) is 3.69. The van der Waals surface area contributed by atoms with Gasteiger partial charge in [-0.15, -0.1) is 0 Å². The van der Waals surface area contributed by atoms with E-state index in [0.717, 1.165) is 5.56 Å². The molecule has 2 N–H and O–H groups in total. The molecule has 23 heavy (non-hydrogen) atoms. The third kappa shape index (κ3) is 3.88. The van der Waals surface area contributed by atoms with Gasteiger partial charge in [-0.1, -0.05) is 30.3 Å². The highest BCUT2D eigenvalue weighted by Crippen LogP contribution is 2.13. The van der Waals surface area contributed by atoms with E-state index < -0.39 is 0 Å². The van der Waals surface area contributed by atoms with Crippen LogP contribution in [0.4, 0.5) is 16.6 Å². The fraction of sp³-hybridized carbons (Fsp3) is 0.312. The van der Waals surface area contributed by atoms with E-state index in [1.54, 1.807) is 17.2 Å². The zero-order chi connectivity index (χ0) is 16.1. The van der Waals surface area contributed by atoms with Gasteiger partial charge in [-0.3, -0.25) is 0 Å². The molecule has 1 aromatic heterocycles. The van der Waals surface area contributed by atoms with Crippen LogP contribution in [0.1, 0.15) is 5.56 Å². The molecule has 1 aliphatic heterocycles. The van der Waals surface area contributed by atoms with Gasteiger partial charge in [0, 0.05) is 32.4 Å². The van der Waals surface area contributed by atoms with Gasteiger partial charge in [0.05, 0.1) is 0 Å². The fourth-order valence-corrected chi connectivity index (χ4v) is 2.41. The molecule has 0 bridgehead atoms. The van der Waals surface area contributed by atoms with Crippen LogP contribution in [-0.2, 0) is 11.3 Å². The zero-order valence-electron chi connectivity index (χ0n) is 12.8. The van der Waals surface area contributed by atoms with Crippen molar-refractivity contribution in [2.45, 2.75) is 6.61 Å². The lowest BCUT2D eigenvalue weighted by Gasteiger charge is -2.34. The second kappa shape index (κ2) is 6.95. The summed E-state index contributed by atoms with van der Waals surface area (Å²) in [6, 6.07) is 11.3. The Bertz CT molecular complexity index is 657. The molecule has 2 heterocycles. The van der Waals surface area contributed by atoms with Crippen LogP contribution in [0.5, 0.6) is 0 Å². The Morgan fingerprint density at radius 3 is 2.57 bits per heavy atom. The zero-order valence-corrected chi connectivity index (χ0v) is 12.8. The van der Waals surface area contributed by atoms with Crippen molar-refractivity contribution in [1.29, 1.82) is 0 Å². The molecule has 2 aromatic rings. The Morgan fingerprint density at radius 1 is 1.13 bits per heavy atom. The summed E-state index contributed by atoms with van der Waals surface area (Å²) in [5.41, 5.74) is 6.65. The molecule has 0 atom stereocenters. The smallest absolute Gasteiger partial charge is 0.410 e. The molecule has 0 unspecified atom stereocenters. The van der Waals surface area contributed by atoms with E-state index in [0.29, 0.717) is 37.9 Å². The summed E-state index contributed by atoms with van der Waals surface area (Å²) < 4.78 is 5.34. The van der Waals surface area contributed by atoms with E-state index in [2.05, 4.69) is 9.97 Å². The maximum absolute atomic E-state index is 12.1. The van der Waals surface area contributed by atoms with Crippen molar-refractivity contribution in [3.8, 4) is 0 Å². The second-order valence-corrected chi connectivity index (χ2v) is 5.30. The van der Waals surface area contributed by atoms with Gasteiger partial charge in [-0.05, 0) is 11.6 Å². The van der Waals surface area contributed by atoms with Crippen LogP contribution in [0.2, 0.25) is 0 Å². The SMILES string of the molecule is Nc1ccnc(N2CCN(C(=O)OCc3ccccc3)CC2)n1. The molecule has 1 saturated heterocycles. The van der Waals surface area contributed by atoms with Crippen molar-refractivity contribution in [2.24, 2.45) is 0 Å². The molecule has 1 amide bonds. The summed E-state index contributed by atoms with van der Waals surface area (Å²) in [5, 5.41) is 0. The Hall–Kier alpha value is -2.83. The van der Waals surface area contributed by atoms with Crippen molar-refractivity contribution >= 4 is 17.9 Å². The molecule has 0 radical (unpaired) electrons. The van der Waals surface area contributed by atoms with Crippen molar-refractivity contribution in [3.63, 3.8) is 0 Å². The summed E-state index contributed by atoms with van der Waals surface area (Å²) in [4.78, 5) is 24.2. The number of benzene rings is 1. The summed E-state index contributed by atoms with van der Waals surface area (Å²) in [5.74, 6) is 1.04. The minimum atomic E-state index is -0.290. The van der Waals surface area contributed by atoms with E-state index in [1.165, 1.54) is 0 Å². The lowest BCUT2D eigenvalue weighted by Crippen LogP contribution is -2.49. The molecular formula is C16H19N5O2. The molecule has 0 spiro atoms. The molecule has 1 aromatic carbocycles. The molecule has 1 fully saturated rings. The minimum absolute atomic E-state index is 0.290. The molecule has 7 nitrogen and oxygen atoms in total. The summed E-state index contributed by atoms with van der Waals surface area (Å²) in [6.07, 6.45) is 1.35. The summed E-state index contributed by atoms with van der Waals surface area (Å²) in [7, 11) is 0. The normalized spacial score (nSPS) is 14.6. The molecule has 1 aliphatic rings. The molecule has 3 rings (SSSR count). The number of amides is 1. The average molecular weight is 313 g/mol. The van der Waals surface area contributed by atoms with E-state index >= 15 is 0 Å². The lowest BCUT2D eigenvalue weighted by molar-refractivity contribution is 0.0941. The van der Waals surface area contributed by atoms with Crippen LogP contribution in [-0.4, -0.2) is 47.1 Å². The molecule has 120 valence electrons. The Kier molecular flexibility index (Phi) is 4.56. The van der Waals surface area contributed by atoms with Crippen LogP contribution in [0.3, 0.4) is 0 Å². The molecular weight excluding hydrogens is 294 g/mol. The number of aromatic nitrogens is 2. The van der Waals surface area contributed by atoms with Crippen molar-refractivity contribution in [2.75, 3.05) is 36.8 Å². The quantitative estimate of drug-likeness (QED) is 0.925. The van der Waals surface area contributed by atoms with E-state index in [1.807, 2.05) is 35.2 Å². The molecule has 0 saturated carbocycles. The monoisotopic (exact) mass is 313 g/mol. The van der Waals surface area contributed by atoms with Crippen LogP contribution in [0, 0.1) is 0 Å². The second-order valence-electron chi connectivity index (χ2n) is 5.30. The van der Waals surface area contributed by atoms with Gasteiger partial charge in [0.2, 0.25) is 5.95 Å². The topological polar surface area (TPSA) is 84.6 Å². The maximum Gasteiger partial charge on any atom is 0.410 e. The van der Waals surface area contributed by atoms with Crippen molar-refractivity contribution < 1.29 is 9.53 Å². The first kappa shape index (κ1) is 15.1. The van der Waals surface area contributed by atoms with Gasteiger partial charge in [0.15, 0.2) is 0 Å². The summed E-state index contributed by atoms with van der Waals surface area (Å²) >= 11 is 0. The number of nitrogens with zero attached hydrogens (tertiary/aromatic N) is 4. The number of rotatable bonds is 3. The number of nitrogen functional groups attached to an aromatic ring is 1. The van der Waals surface area contributed by atoms with Crippen molar-refractivity contribution in [3.05, 3.63) is 48.2 Å². The standard InChI is InChI=1S/C16H19N5O2/c17-14-6-7-18-15(19-14)20-8-10-21(11-9-20)16(22)23-12-13-4-2-1-3-5-13/h1-7H,8-12H2,(H2,17,18,19). The largest absolute Gasteiger partial charge is 0.445 e. The van der Waals surface area contributed by atoms with Gasteiger partial charge >= 0.3 is 6.09 Å². The van der Waals surface area contributed by atoms with Crippen LogP contribution < -0.4 is 10.6 Å². The lowest BCUT2D eigenvalue weighted by atomic mass is 10.2. The van der Waals surface area contributed by atoms with E-state index in [4.69, 9.17) is 10.5 Å². The van der Waals surface area contributed by atoms with Gasteiger partial charge < -0.3 is 20.3 Å². The average Bonchev–Trinajstić information content (AvgIpc) is 2.61. The first-order chi connectivity index (χ1) is 11.2. The van der Waals surface area contributed by atoms with Gasteiger partial charge in [-0.2, -0.15) is 4.98 Å². The first-order valence-corrected chi connectivity index (χ1v) is 7.51. The van der Waals surface area contributed by atoms with E-state index in [9.17, 15) is 4.79 Å². The maximum atomic E-state index is 12.1. The Balaban J connectivity index is 1.49. The Morgan fingerprint density at radius 2 is 1.87 bits per heavy atom. The summed E-state index contributed by atoms with van der Waals surface area (Å²) in [6.45, 7) is 2.75. The van der Waals surface area contributed by atoms with Crippen LogP contribution in [0.15, 0.2) is 42.6 Å². The number of piperazine rings is 1. The number of anilines is 2. The predicted molar refractivity (Wildman–Crippen MR) is 86.9 cm³/mol. The molecule has 7 heteroatoms. The van der Waals surface area contributed by atoms with E-state index in [-0.39, 0.29) is 12.7 Å². The Labute approximate surface area is 134 Å². The fourth-order valence-electron chi connectivity index (χ4n) is 2.41. The number of ether oxygens (including phenoxy) is 1. The third-order valence-corrected chi connectivity index (χ3v) is 3.69. The van der Waals surface area contributed by atoms with Gasteiger partial charge in [0.1, 0.15) is 12.4 Å². The highest BCUT2D eigenvalue weighted by molar-refractivity contribution is 5.68. The number of hydrogen-bond acceptors (Lipinski definition) is 6. The van der Waals surface area contributed by atoms with Gasteiger partial charge in [-0.25, -0.2) is 9.78 Å². The highest BCUT2D eigenvalue weighted by atomic mass is 16.6. The molecule has 0 aliphatic carbocycles. The highest BCUT2D eigenvalue weighted by Gasteiger charge is 2.23. The van der Waals surface area contributed by atoms with Crippen LogP contribution >= 0.6 is 0 Å².